The fourth-order valence-electron chi connectivity index (χ4n) is 3.32. The standard InChI is InChI=1S/C24H17F2N3O3S/c25-16-5-3-15(4-6-16)12-21-23(31)29(18-9-7-17(26)8-10-18)24(33-21)20(13-27)22(30)28-14-19-2-1-11-32-19/h1-11,21H,12,14H2,(H,28,30)/b24-20-/t21-/m1/s1. The first kappa shape index (κ1) is 22.3. The van der Waals surface area contributed by atoms with E-state index in [1.807, 2.05) is 6.07 Å². The Hall–Kier alpha value is -3.90. The molecule has 1 aliphatic heterocycles. The number of halogens is 2. The van der Waals surface area contributed by atoms with Gasteiger partial charge in [0, 0.05) is 5.69 Å². The first-order valence-corrected chi connectivity index (χ1v) is 10.8. The van der Waals surface area contributed by atoms with E-state index in [1.165, 1.54) is 47.6 Å². The summed E-state index contributed by atoms with van der Waals surface area (Å²) in [6, 6.07) is 16.2. The Bertz CT molecular complexity index is 1230. The molecule has 6 nitrogen and oxygen atoms in total. The van der Waals surface area contributed by atoms with Gasteiger partial charge in [0.05, 0.1) is 18.1 Å². The fourth-order valence-corrected chi connectivity index (χ4v) is 4.62. The van der Waals surface area contributed by atoms with Gasteiger partial charge in [-0.15, -0.1) is 0 Å². The van der Waals surface area contributed by atoms with Gasteiger partial charge in [-0.25, -0.2) is 8.78 Å². The van der Waals surface area contributed by atoms with Crippen molar-refractivity contribution in [3.05, 3.63) is 100 Å². The van der Waals surface area contributed by atoms with Crippen LogP contribution in [0.1, 0.15) is 11.3 Å². The lowest BCUT2D eigenvalue weighted by molar-refractivity contribution is -0.117. The molecule has 2 aromatic carbocycles. The SMILES string of the molecule is N#C/C(C(=O)NCc1ccco1)=C1/S[C@H](Cc2ccc(F)cc2)C(=O)N1c1ccc(F)cc1. The van der Waals surface area contributed by atoms with Crippen molar-refractivity contribution < 1.29 is 22.8 Å². The van der Waals surface area contributed by atoms with Gasteiger partial charge in [-0.1, -0.05) is 23.9 Å². The van der Waals surface area contributed by atoms with E-state index in [2.05, 4.69) is 5.32 Å². The number of rotatable bonds is 6. The topological polar surface area (TPSA) is 86.3 Å². The molecule has 9 heteroatoms. The highest BCUT2D eigenvalue weighted by Crippen LogP contribution is 2.42. The number of thioether (sulfide) groups is 1. The van der Waals surface area contributed by atoms with Gasteiger partial charge in [0.15, 0.2) is 0 Å². The molecule has 1 N–H and O–H groups in total. The van der Waals surface area contributed by atoms with Gasteiger partial charge in [0.2, 0.25) is 5.91 Å². The summed E-state index contributed by atoms with van der Waals surface area (Å²) in [7, 11) is 0. The van der Waals surface area contributed by atoms with Crippen LogP contribution in [0.5, 0.6) is 0 Å². The van der Waals surface area contributed by atoms with Crippen LogP contribution in [-0.4, -0.2) is 17.1 Å². The van der Waals surface area contributed by atoms with Crippen molar-refractivity contribution >= 4 is 29.3 Å². The van der Waals surface area contributed by atoms with Gasteiger partial charge in [-0.05, 0) is 60.5 Å². The van der Waals surface area contributed by atoms with E-state index in [9.17, 15) is 23.6 Å². The Labute approximate surface area is 192 Å². The smallest absolute Gasteiger partial charge is 0.265 e. The van der Waals surface area contributed by atoms with Crippen LogP contribution in [0.2, 0.25) is 0 Å². The highest BCUT2D eigenvalue weighted by molar-refractivity contribution is 8.05. The van der Waals surface area contributed by atoms with Gasteiger partial charge in [-0.2, -0.15) is 5.26 Å². The highest BCUT2D eigenvalue weighted by atomic mass is 32.2. The van der Waals surface area contributed by atoms with E-state index in [0.29, 0.717) is 11.4 Å². The molecule has 2 heterocycles. The normalized spacial score (nSPS) is 17.1. The van der Waals surface area contributed by atoms with E-state index in [0.717, 1.165) is 17.3 Å². The number of nitrogens with zero attached hydrogens (tertiary/aromatic N) is 2. The van der Waals surface area contributed by atoms with E-state index >= 15 is 0 Å². The zero-order valence-corrected chi connectivity index (χ0v) is 17.9. The van der Waals surface area contributed by atoms with Crippen LogP contribution >= 0.6 is 11.8 Å². The zero-order chi connectivity index (χ0) is 23.4. The Kier molecular flexibility index (Phi) is 6.56. The number of hydrogen-bond donors (Lipinski definition) is 1. The molecular formula is C24H17F2N3O3S. The summed E-state index contributed by atoms with van der Waals surface area (Å²) >= 11 is 1.07. The van der Waals surface area contributed by atoms with Crippen LogP contribution < -0.4 is 10.2 Å². The molecular weight excluding hydrogens is 448 g/mol. The summed E-state index contributed by atoms with van der Waals surface area (Å²) in [6.07, 6.45) is 1.73. The number of amides is 2. The quantitative estimate of drug-likeness (QED) is 0.433. The molecule has 0 unspecified atom stereocenters. The molecule has 0 saturated carbocycles. The number of nitriles is 1. The number of hydrogen-bond acceptors (Lipinski definition) is 5. The molecule has 0 bridgehead atoms. The Morgan fingerprint density at radius 2 is 1.76 bits per heavy atom. The lowest BCUT2D eigenvalue weighted by atomic mass is 10.1. The van der Waals surface area contributed by atoms with Crippen LogP contribution in [0.25, 0.3) is 0 Å². The lowest BCUT2D eigenvalue weighted by Gasteiger charge is -2.18. The van der Waals surface area contributed by atoms with Crippen molar-refractivity contribution in [2.75, 3.05) is 4.90 Å². The molecule has 3 aromatic rings. The van der Waals surface area contributed by atoms with Gasteiger partial charge < -0.3 is 9.73 Å². The van der Waals surface area contributed by atoms with E-state index < -0.39 is 22.8 Å². The van der Waals surface area contributed by atoms with Gasteiger partial charge in [-0.3, -0.25) is 14.5 Å². The second-order valence-corrected chi connectivity index (χ2v) is 8.33. The predicted octanol–water partition coefficient (Wildman–Crippen LogP) is 4.30. The molecule has 0 spiro atoms. The average Bonchev–Trinajstić information content (AvgIpc) is 3.44. The number of carbonyl (C=O) groups excluding carboxylic acids is 2. The largest absolute Gasteiger partial charge is 0.467 e. The number of benzene rings is 2. The van der Waals surface area contributed by atoms with Gasteiger partial charge in [0.1, 0.15) is 34.1 Å². The minimum Gasteiger partial charge on any atom is -0.467 e. The number of anilines is 1. The molecule has 1 atom stereocenters. The van der Waals surface area contributed by atoms with Crippen LogP contribution in [0.15, 0.2) is 81.9 Å². The zero-order valence-electron chi connectivity index (χ0n) is 17.1. The fraction of sp³-hybridized carbons (Fsp3) is 0.125. The van der Waals surface area contributed by atoms with Crippen molar-refractivity contribution in [2.45, 2.75) is 18.2 Å². The van der Waals surface area contributed by atoms with Crippen molar-refractivity contribution in [1.82, 2.24) is 5.32 Å². The van der Waals surface area contributed by atoms with Crippen molar-refractivity contribution in [1.29, 1.82) is 5.26 Å². The van der Waals surface area contributed by atoms with E-state index in [-0.39, 0.29) is 29.5 Å². The molecule has 1 saturated heterocycles. The number of carbonyl (C=O) groups is 2. The molecule has 2 amide bonds. The maximum absolute atomic E-state index is 13.5. The monoisotopic (exact) mass is 465 g/mol. The maximum Gasteiger partial charge on any atom is 0.265 e. The molecule has 166 valence electrons. The molecule has 1 fully saturated rings. The summed E-state index contributed by atoms with van der Waals surface area (Å²) in [4.78, 5) is 27.4. The molecule has 33 heavy (non-hydrogen) atoms. The number of nitrogens with one attached hydrogen (secondary N) is 1. The summed E-state index contributed by atoms with van der Waals surface area (Å²) < 4.78 is 31.9. The average molecular weight is 465 g/mol. The molecule has 0 aliphatic carbocycles. The first-order chi connectivity index (χ1) is 16.0. The lowest BCUT2D eigenvalue weighted by Crippen LogP contribution is -2.32. The minimum absolute atomic E-state index is 0.0679. The third kappa shape index (κ3) is 4.96. The second kappa shape index (κ2) is 9.71. The maximum atomic E-state index is 13.5. The van der Waals surface area contributed by atoms with Gasteiger partial charge >= 0.3 is 0 Å². The molecule has 0 radical (unpaired) electrons. The van der Waals surface area contributed by atoms with Gasteiger partial charge in [0.25, 0.3) is 5.91 Å². The third-order valence-corrected chi connectivity index (χ3v) is 6.19. The first-order valence-electron chi connectivity index (χ1n) is 9.92. The van der Waals surface area contributed by atoms with Crippen molar-refractivity contribution in [3.63, 3.8) is 0 Å². The van der Waals surface area contributed by atoms with E-state index in [4.69, 9.17) is 4.42 Å². The van der Waals surface area contributed by atoms with Crippen LogP contribution in [-0.2, 0) is 22.6 Å². The molecule has 1 aliphatic rings. The summed E-state index contributed by atoms with van der Waals surface area (Å²) in [6.45, 7) is 0.0679. The van der Waals surface area contributed by atoms with E-state index in [1.54, 1.807) is 24.3 Å². The number of furan rings is 1. The summed E-state index contributed by atoms with van der Waals surface area (Å²) in [5.74, 6) is -1.40. The van der Waals surface area contributed by atoms with Crippen LogP contribution in [0, 0.1) is 23.0 Å². The van der Waals surface area contributed by atoms with Crippen LogP contribution in [0.3, 0.4) is 0 Å². The minimum atomic E-state index is -0.668. The van der Waals surface area contributed by atoms with Crippen molar-refractivity contribution in [2.24, 2.45) is 0 Å². The summed E-state index contributed by atoms with van der Waals surface area (Å²) in [5.41, 5.74) is 0.811. The van der Waals surface area contributed by atoms with Crippen LogP contribution in [0.4, 0.5) is 14.5 Å². The molecule has 4 rings (SSSR count). The summed E-state index contributed by atoms with van der Waals surface area (Å²) in [5, 5.41) is 11.9. The Balaban J connectivity index is 1.67. The Morgan fingerprint density at radius 1 is 1.09 bits per heavy atom. The Morgan fingerprint density at radius 3 is 2.36 bits per heavy atom. The highest BCUT2D eigenvalue weighted by Gasteiger charge is 2.40. The van der Waals surface area contributed by atoms with Crippen molar-refractivity contribution in [3.8, 4) is 6.07 Å². The third-order valence-electron chi connectivity index (χ3n) is 4.93. The predicted molar refractivity (Wildman–Crippen MR) is 119 cm³/mol. The molecule has 1 aromatic heterocycles. The second-order valence-electron chi connectivity index (χ2n) is 7.14.